The summed E-state index contributed by atoms with van der Waals surface area (Å²) in [6.45, 7) is 1.40. The van der Waals surface area contributed by atoms with Crippen molar-refractivity contribution in [3.05, 3.63) is 55.2 Å². The average Bonchev–Trinajstić information content (AvgIpc) is 3.34. The molecule has 0 aliphatic carbocycles. The fourth-order valence-electron chi connectivity index (χ4n) is 3.41. The average molecular weight is 557 g/mol. The second kappa shape index (κ2) is 10.0. The molecule has 1 N–H and O–H groups in total. The SMILES string of the molecule is Cc1cc(C2=NOC(c3cc(Cl)cc(Cl)c3)(C(F)(F)F)C2)sc1C(=O)CCC(=O)NCC(C)(F)F. The molecule has 2 aromatic rings. The Hall–Kier alpha value is -2.24. The molecule has 0 fully saturated rings. The number of nitrogens with one attached hydrogen (secondary N) is 1. The van der Waals surface area contributed by atoms with Gasteiger partial charge in [-0.2, -0.15) is 13.2 Å². The first-order valence-corrected chi connectivity index (χ1v) is 11.8. The van der Waals surface area contributed by atoms with E-state index in [2.05, 4.69) is 5.16 Å². The molecule has 1 aliphatic rings. The van der Waals surface area contributed by atoms with E-state index >= 15 is 0 Å². The van der Waals surface area contributed by atoms with Crippen LogP contribution < -0.4 is 5.32 Å². The van der Waals surface area contributed by atoms with Crippen molar-refractivity contribution in [3.8, 4) is 0 Å². The minimum atomic E-state index is -4.86. The molecule has 1 aromatic heterocycles. The Balaban J connectivity index is 1.76. The molecule has 3 rings (SSSR count). The topological polar surface area (TPSA) is 67.8 Å². The molecule has 1 aromatic carbocycles. The van der Waals surface area contributed by atoms with Crippen molar-refractivity contribution in [3.63, 3.8) is 0 Å². The quantitative estimate of drug-likeness (QED) is 0.291. The van der Waals surface area contributed by atoms with E-state index in [0.29, 0.717) is 17.4 Å². The Kier molecular flexibility index (Phi) is 7.83. The second-order valence-corrected chi connectivity index (χ2v) is 10.1. The number of rotatable bonds is 8. The zero-order valence-corrected chi connectivity index (χ0v) is 20.7. The van der Waals surface area contributed by atoms with Crippen molar-refractivity contribution in [1.29, 1.82) is 0 Å². The van der Waals surface area contributed by atoms with Crippen LogP contribution in [0.5, 0.6) is 0 Å². The Morgan fingerprint density at radius 3 is 2.31 bits per heavy atom. The number of aryl methyl sites for hydroxylation is 1. The number of oxime groups is 1. The molecule has 1 unspecified atom stereocenters. The highest BCUT2D eigenvalue weighted by molar-refractivity contribution is 7.16. The lowest BCUT2D eigenvalue weighted by molar-refractivity contribution is -0.275. The zero-order valence-electron chi connectivity index (χ0n) is 18.4. The molecule has 2 heterocycles. The molecule has 5 nitrogen and oxygen atoms in total. The van der Waals surface area contributed by atoms with E-state index in [-0.39, 0.29) is 39.0 Å². The molecule has 0 spiro atoms. The maximum absolute atomic E-state index is 14.2. The number of thiophene rings is 1. The molecule has 190 valence electrons. The van der Waals surface area contributed by atoms with Crippen LogP contribution in [0.4, 0.5) is 22.0 Å². The number of Topliss-reactive ketones (excluding diaryl/α,β-unsaturated/α-hetero) is 1. The minimum Gasteiger partial charge on any atom is -0.374 e. The third-order valence-electron chi connectivity index (χ3n) is 5.15. The lowest BCUT2D eigenvalue weighted by atomic mass is 9.88. The third kappa shape index (κ3) is 6.31. The van der Waals surface area contributed by atoms with Crippen molar-refractivity contribution in [2.24, 2.45) is 5.16 Å². The Bertz CT molecular complexity index is 1160. The lowest BCUT2D eigenvalue weighted by Gasteiger charge is -2.29. The highest BCUT2D eigenvalue weighted by atomic mass is 35.5. The summed E-state index contributed by atoms with van der Waals surface area (Å²) < 4.78 is 68.2. The lowest BCUT2D eigenvalue weighted by Crippen LogP contribution is -2.42. The number of ketones is 1. The first kappa shape index (κ1) is 27.3. The Labute approximate surface area is 211 Å². The number of nitrogens with zero attached hydrogens (tertiary/aromatic N) is 1. The van der Waals surface area contributed by atoms with Crippen molar-refractivity contribution in [2.45, 2.75) is 50.8 Å². The highest BCUT2D eigenvalue weighted by Gasteiger charge is 2.62. The van der Waals surface area contributed by atoms with Crippen LogP contribution in [0, 0.1) is 6.92 Å². The van der Waals surface area contributed by atoms with Gasteiger partial charge in [-0.1, -0.05) is 28.4 Å². The first-order chi connectivity index (χ1) is 16.1. The fourth-order valence-corrected chi connectivity index (χ4v) is 5.05. The number of hydrogen-bond acceptors (Lipinski definition) is 5. The molecular formula is C22H19Cl2F5N2O3S. The van der Waals surface area contributed by atoms with Gasteiger partial charge in [-0.3, -0.25) is 9.59 Å². The molecule has 13 heteroatoms. The van der Waals surface area contributed by atoms with E-state index in [1.807, 2.05) is 5.32 Å². The summed E-state index contributed by atoms with van der Waals surface area (Å²) in [7, 11) is 0. The van der Waals surface area contributed by atoms with E-state index in [0.717, 1.165) is 23.5 Å². The molecule has 0 radical (unpaired) electrons. The van der Waals surface area contributed by atoms with Gasteiger partial charge in [-0.25, -0.2) is 8.78 Å². The number of halogens is 7. The van der Waals surface area contributed by atoms with Crippen LogP contribution in [0.15, 0.2) is 29.4 Å². The molecule has 1 amide bonds. The summed E-state index contributed by atoms with van der Waals surface area (Å²) in [5.41, 5.74) is -2.66. The van der Waals surface area contributed by atoms with Crippen LogP contribution in [0.25, 0.3) is 0 Å². The molecule has 0 saturated carbocycles. The second-order valence-electron chi connectivity index (χ2n) is 8.18. The number of benzene rings is 1. The number of alkyl halides is 5. The fraction of sp³-hybridized carbons (Fsp3) is 0.409. The molecule has 1 atom stereocenters. The summed E-state index contributed by atoms with van der Waals surface area (Å²) in [4.78, 5) is 29.8. The molecule has 1 aliphatic heterocycles. The number of hydrogen-bond donors (Lipinski definition) is 1. The maximum Gasteiger partial charge on any atom is 0.435 e. The molecular weight excluding hydrogens is 538 g/mol. The summed E-state index contributed by atoms with van der Waals surface area (Å²) in [6.07, 6.45) is -6.09. The largest absolute Gasteiger partial charge is 0.435 e. The Morgan fingerprint density at radius 2 is 1.74 bits per heavy atom. The molecule has 35 heavy (non-hydrogen) atoms. The predicted octanol–water partition coefficient (Wildman–Crippen LogP) is 6.68. The van der Waals surface area contributed by atoms with E-state index in [1.165, 1.54) is 12.1 Å². The van der Waals surface area contributed by atoms with Crippen LogP contribution in [0.3, 0.4) is 0 Å². The van der Waals surface area contributed by atoms with Crippen molar-refractivity contribution in [1.82, 2.24) is 5.32 Å². The zero-order chi connectivity index (χ0) is 26.2. The van der Waals surface area contributed by atoms with Gasteiger partial charge < -0.3 is 10.2 Å². The Morgan fingerprint density at radius 1 is 1.11 bits per heavy atom. The number of carbonyl (C=O) groups is 2. The van der Waals surface area contributed by atoms with E-state index in [4.69, 9.17) is 28.0 Å². The number of carbonyl (C=O) groups excluding carboxylic acids is 2. The van der Waals surface area contributed by atoms with Gasteiger partial charge in [0.1, 0.15) is 5.71 Å². The number of amides is 1. The third-order valence-corrected chi connectivity index (χ3v) is 6.91. The monoisotopic (exact) mass is 556 g/mol. The van der Waals surface area contributed by atoms with Gasteiger partial charge in [0.25, 0.3) is 11.5 Å². The first-order valence-electron chi connectivity index (χ1n) is 10.2. The van der Waals surface area contributed by atoms with Crippen molar-refractivity contribution in [2.75, 3.05) is 6.54 Å². The van der Waals surface area contributed by atoms with Gasteiger partial charge in [0.2, 0.25) is 5.91 Å². The highest BCUT2D eigenvalue weighted by Crippen LogP contribution is 2.50. The summed E-state index contributed by atoms with van der Waals surface area (Å²) in [5.74, 6) is -4.23. The van der Waals surface area contributed by atoms with E-state index in [1.54, 1.807) is 6.92 Å². The minimum absolute atomic E-state index is 0.000260. The van der Waals surface area contributed by atoms with Crippen molar-refractivity contribution >= 4 is 51.9 Å². The van der Waals surface area contributed by atoms with Crippen LogP contribution in [-0.2, 0) is 15.2 Å². The van der Waals surface area contributed by atoms with Crippen LogP contribution in [-0.4, -0.2) is 36.0 Å². The summed E-state index contributed by atoms with van der Waals surface area (Å²) in [5, 5.41) is 5.71. The van der Waals surface area contributed by atoms with Crippen LogP contribution in [0.1, 0.15) is 51.9 Å². The predicted molar refractivity (Wildman–Crippen MR) is 123 cm³/mol. The van der Waals surface area contributed by atoms with Gasteiger partial charge >= 0.3 is 6.18 Å². The summed E-state index contributed by atoms with van der Waals surface area (Å²) in [6, 6.07) is 5.01. The van der Waals surface area contributed by atoms with Crippen LogP contribution in [0.2, 0.25) is 10.0 Å². The molecule has 0 bridgehead atoms. The molecule has 0 saturated heterocycles. The standard InChI is InChI=1S/C22H19Cl2F5N2O3S/c1-11-5-17(35-19(11)16(32)3-4-18(33)30-10-20(2,25)26)15-9-21(34-31-15,22(27,28)29)12-6-13(23)8-14(24)7-12/h5-8H,3-4,9-10H2,1-2H3,(H,30,33). The van der Waals surface area contributed by atoms with Gasteiger partial charge in [-0.15, -0.1) is 11.3 Å². The normalized spacial score (nSPS) is 18.3. The summed E-state index contributed by atoms with van der Waals surface area (Å²) >= 11 is 12.7. The van der Waals surface area contributed by atoms with Gasteiger partial charge in [0.15, 0.2) is 5.78 Å². The van der Waals surface area contributed by atoms with Crippen molar-refractivity contribution < 1.29 is 36.4 Å². The van der Waals surface area contributed by atoms with E-state index < -0.39 is 42.4 Å². The van der Waals surface area contributed by atoms with E-state index in [9.17, 15) is 31.5 Å². The van der Waals surface area contributed by atoms with Crippen LogP contribution >= 0.6 is 34.5 Å². The van der Waals surface area contributed by atoms with Gasteiger partial charge in [0, 0.05) is 35.4 Å². The van der Waals surface area contributed by atoms with Gasteiger partial charge in [-0.05, 0) is 36.8 Å². The smallest absolute Gasteiger partial charge is 0.374 e. The van der Waals surface area contributed by atoms with Gasteiger partial charge in [0.05, 0.1) is 22.7 Å². The maximum atomic E-state index is 14.2.